The van der Waals surface area contributed by atoms with Crippen LogP contribution >= 0.6 is 0 Å². The zero-order valence-corrected chi connectivity index (χ0v) is 40.1. The number of hydrogen-bond acceptors (Lipinski definition) is 4. The van der Waals surface area contributed by atoms with E-state index in [1.807, 2.05) is 24.3 Å². The Hall–Kier alpha value is -9.77. The highest BCUT2D eigenvalue weighted by Gasteiger charge is 2.51. The minimum Gasteiger partial charge on any atom is -0.456 e. The van der Waals surface area contributed by atoms with Gasteiger partial charge >= 0.3 is 0 Å². The van der Waals surface area contributed by atoms with Gasteiger partial charge in [0.25, 0.3) is 0 Å². The summed E-state index contributed by atoms with van der Waals surface area (Å²) >= 11 is 0. The van der Waals surface area contributed by atoms with Gasteiger partial charge in [0.05, 0.1) is 5.41 Å². The van der Waals surface area contributed by atoms with Crippen molar-refractivity contribution in [1.29, 1.82) is 0 Å². The molecule has 2 aromatic heterocycles. The molecule has 2 aliphatic rings. The van der Waals surface area contributed by atoms with Crippen molar-refractivity contribution in [3.05, 3.63) is 283 Å². The van der Waals surface area contributed by atoms with Crippen LogP contribution in [0.25, 0.3) is 123 Å². The topological polar surface area (TPSA) is 51.8 Å². The second-order valence-electron chi connectivity index (χ2n) is 19.4. The van der Waals surface area contributed by atoms with Crippen LogP contribution in [0.3, 0.4) is 0 Å². The largest absolute Gasteiger partial charge is 0.456 e. The highest BCUT2D eigenvalue weighted by molar-refractivity contribution is 6.13. The smallest absolute Gasteiger partial charge is 0.164 e. The summed E-state index contributed by atoms with van der Waals surface area (Å²) in [6.07, 6.45) is 0. The molecule has 1 spiro atoms. The monoisotopic (exact) mass is 941 g/mol. The van der Waals surface area contributed by atoms with Crippen LogP contribution in [-0.2, 0) is 5.41 Å². The lowest BCUT2D eigenvalue weighted by atomic mass is 9.70. The molecule has 0 amide bonds. The van der Waals surface area contributed by atoms with Crippen LogP contribution in [0.15, 0.2) is 265 Å². The van der Waals surface area contributed by atoms with Gasteiger partial charge in [-0.2, -0.15) is 0 Å². The normalized spacial score (nSPS) is 12.7. The number of hydrogen-bond donors (Lipinski definition) is 0. The molecule has 74 heavy (non-hydrogen) atoms. The predicted octanol–water partition coefficient (Wildman–Crippen LogP) is 17.8. The summed E-state index contributed by atoms with van der Waals surface area (Å²) < 4.78 is 6.64. The van der Waals surface area contributed by atoms with Gasteiger partial charge in [-0.05, 0) is 131 Å². The van der Waals surface area contributed by atoms with Crippen LogP contribution in [-0.4, -0.2) is 15.0 Å². The van der Waals surface area contributed by atoms with E-state index in [1.165, 1.54) is 50.1 Å². The average molecular weight is 942 g/mol. The second-order valence-corrected chi connectivity index (χ2v) is 19.4. The van der Waals surface area contributed by atoms with E-state index in [9.17, 15) is 0 Å². The van der Waals surface area contributed by atoms with E-state index in [2.05, 4.69) is 237 Å². The summed E-state index contributed by atoms with van der Waals surface area (Å²) in [5, 5.41) is 1.96. The molecule has 15 rings (SSSR count). The Labute approximate surface area is 428 Å². The number of fused-ring (bicyclic) bond motifs is 13. The fourth-order valence-corrected chi connectivity index (χ4v) is 12.0. The van der Waals surface area contributed by atoms with E-state index in [1.54, 1.807) is 0 Å². The Morgan fingerprint density at radius 1 is 0.243 bits per heavy atom. The van der Waals surface area contributed by atoms with Crippen LogP contribution in [0.2, 0.25) is 0 Å². The molecule has 344 valence electrons. The molecule has 4 heteroatoms. The average Bonchev–Trinajstić information content (AvgIpc) is 4.12. The van der Waals surface area contributed by atoms with Crippen molar-refractivity contribution in [2.75, 3.05) is 0 Å². The lowest BCUT2D eigenvalue weighted by Gasteiger charge is -2.30. The SMILES string of the molecule is c1ccc(-c2cccc(-c3nc(-c4cccc(-c5ccccc5)c4)nc(-c4cccc5oc6ccc(-c7cccc(-c8ccc9c(c8)-c8ccccc8C98c9ccccc9-c9ccccc98)c7)cc6c45)n3)c2)cc1. The number of aromatic nitrogens is 3. The molecule has 0 fully saturated rings. The minimum atomic E-state index is -0.369. The van der Waals surface area contributed by atoms with Crippen molar-refractivity contribution in [3.63, 3.8) is 0 Å². The third-order valence-corrected chi connectivity index (χ3v) is 15.4. The Kier molecular flexibility index (Phi) is 9.45. The molecule has 4 nitrogen and oxygen atoms in total. The van der Waals surface area contributed by atoms with E-state index >= 15 is 0 Å². The van der Waals surface area contributed by atoms with Crippen LogP contribution in [0.1, 0.15) is 22.3 Å². The molecule has 0 atom stereocenters. The highest BCUT2D eigenvalue weighted by atomic mass is 16.3. The van der Waals surface area contributed by atoms with Gasteiger partial charge in [0.15, 0.2) is 17.5 Å². The van der Waals surface area contributed by atoms with Crippen LogP contribution in [0, 0.1) is 0 Å². The molecule has 0 N–H and O–H groups in total. The molecule has 0 radical (unpaired) electrons. The van der Waals surface area contributed by atoms with Gasteiger partial charge in [-0.1, -0.05) is 218 Å². The zero-order valence-electron chi connectivity index (χ0n) is 40.1. The van der Waals surface area contributed by atoms with Gasteiger partial charge in [0, 0.05) is 27.5 Å². The maximum atomic E-state index is 6.64. The first kappa shape index (κ1) is 42.0. The first-order valence-corrected chi connectivity index (χ1v) is 25.2. The molecule has 11 aromatic carbocycles. The van der Waals surface area contributed by atoms with Gasteiger partial charge in [0.1, 0.15) is 11.2 Å². The van der Waals surface area contributed by atoms with E-state index in [0.717, 1.165) is 77.6 Å². The molecule has 0 aliphatic heterocycles. The molecule has 0 unspecified atom stereocenters. The van der Waals surface area contributed by atoms with Crippen LogP contribution < -0.4 is 0 Å². The van der Waals surface area contributed by atoms with Crippen LogP contribution in [0.5, 0.6) is 0 Å². The number of rotatable bonds is 7. The quantitative estimate of drug-likeness (QED) is 0.160. The number of benzene rings is 11. The lowest BCUT2D eigenvalue weighted by Crippen LogP contribution is -2.25. The third kappa shape index (κ3) is 6.52. The van der Waals surface area contributed by atoms with Gasteiger partial charge < -0.3 is 4.42 Å². The zero-order chi connectivity index (χ0) is 48.7. The predicted molar refractivity (Wildman–Crippen MR) is 301 cm³/mol. The third-order valence-electron chi connectivity index (χ3n) is 15.4. The summed E-state index contributed by atoms with van der Waals surface area (Å²) in [5.41, 5.74) is 23.5. The standard InChI is InChI=1S/C70H43N3O/c1-3-17-44(18-4-1)46-21-14-25-52(40-46)67-71-68(53-26-15-22-47(41-53)45-19-5-2-6-20-45)73-69(72-67)57-30-16-34-65-66(57)59-43-51(36-38-64(59)74-65)49-24-13-23-48(39-49)50-35-37-63-58(42-50)56-29-9-12-33-62(56)70(63)60-31-10-7-27-54(60)55-28-8-11-32-61(55)70/h1-43H. The molecule has 0 saturated carbocycles. The minimum absolute atomic E-state index is 0.369. The van der Waals surface area contributed by atoms with Crippen molar-refractivity contribution in [1.82, 2.24) is 15.0 Å². The molecule has 2 heterocycles. The number of nitrogens with zero attached hydrogens (tertiary/aromatic N) is 3. The summed E-state index contributed by atoms with van der Waals surface area (Å²) in [6.45, 7) is 0. The van der Waals surface area contributed by atoms with Crippen molar-refractivity contribution in [2.45, 2.75) is 5.41 Å². The fourth-order valence-electron chi connectivity index (χ4n) is 12.0. The summed E-state index contributed by atoms with van der Waals surface area (Å²) in [5.74, 6) is 1.77. The highest BCUT2D eigenvalue weighted by Crippen LogP contribution is 2.63. The second kappa shape index (κ2) is 16.7. The van der Waals surface area contributed by atoms with Crippen molar-refractivity contribution in [2.24, 2.45) is 0 Å². The summed E-state index contributed by atoms with van der Waals surface area (Å²) in [7, 11) is 0. The molecular formula is C70H43N3O. The van der Waals surface area contributed by atoms with E-state index in [0.29, 0.717) is 17.5 Å². The summed E-state index contributed by atoms with van der Waals surface area (Å²) in [6, 6.07) is 93.5. The summed E-state index contributed by atoms with van der Waals surface area (Å²) in [4.78, 5) is 15.8. The lowest BCUT2D eigenvalue weighted by molar-refractivity contribution is 0.669. The Balaban J connectivity index is 0.849. The first-order chi connectivity index (χ1) is 36.7. The van der Waals surface area contributed by atoms with Gasteiger partial charge in [-0.25, -0.2) is 15.0 Å². The Morgan fingerprint density at radius 2 is 0.635 bits per heavy atom. The molecule has 0 bridgehead atoms. The van der Waals surface area contributed by atoms with Crippen molar-refractivity contribution in [3.8, 4) is 101 Å². The molecular weight excluding hydrogens is 899 g/mol. The first-order valence-electron chi connectivity index (χ1n) is 25.2. The van der Waals surface area contributed by atoms with E-state index in [4.69, 9.17) is 19.4 Å². The van der Waals surface area contributed by atoms with Gasteiger partial charge in [0.2, 0.25) is 0 Å². The molecule has 2 aliphatic carbocycles. The van der Waals surface area contributed by atoms with Gasteiger partial charge in [-0.15, -0.1) is 0 Å². The van der Waals surface area contributed by atoms with E-state index < -0.39 is 0 Å². The van der Waals surface area contributed by atoms with E-state index in [-0.39, 0.29) is 5.41 Å². The number of furan rings is 1. The Morgan fingerprint density at radius 3 is 1.22 bits per heavy atom. The molecule has 13 aromatic rings. The van der Waals surface area contributed by atoms with Crippen molar-refractivity contribution < 1.29 is 4.42 Å². The van der Waals surface area contributed by atoms with Gasteiger partial charge in [-0.3, -0.25) is 0 Å². The molecule has 0 saturated heterocycles. The van der Waals surface area contributed by atoms with Crippen molar-refractivity contribution >= 4 is 21.9 Å². The fraction of sp³-hybridized carbons (Fsp3) is 0.0143. The Bertz CT molecular complexity index is 4230. The maximum absolute atomic E-state index is 6.64. The maximum Gasteiger partial charge on any atom is 0.164 e. The van der Waals surface area contributed by atoms with Crippen LogP contribution in [0.4, 0.5) is 0 Å².